The maximum Gasteiger partial charge on any atom is 0.238 e. The van der Waals surface area contributed by atoms with Crippen LogP contribution in [-0.2, 0) is 14.3 Å². The van der Waals surface area contributed by atoms with Crippen LogP contribution in [0.4, 0.5) is 10.1 Å². The predicted molar refractivity (Wildman–Crippen MR) is 91.6 cm³/mol. The molecule has 6 nitrogen and oxygen atoms in total. The number of carbonyl (C=O) groups is 2. The minimum absolute atomic E-state index is 0.0853. The van der Waals surface area contributed by atoms with Crippen molar-refractivity contribution >= 4 is 17.5 Å². The Hall–Kier alpha value is -1.99. The van der Waals surface area contributed by atoms with Gasteiger partial charge in [-0.15, -0.1) is 0 Å². The van der Waals surface area contributed by atoms with E-state index in [9.17, 15) is 14.0 Å². The van der Waals surface area contributed by atoms with Crippen LogP contribution in [0, 0.1) is 11.7 Å². The predicted octanol–water partition coefficient (Wildman–Crippen LogP) is 1.33. The van der Waals surface area contributed by atoms with Gasteiger partial charge in [-0.2, -0.15) is 0 Å². The number of amides is 2. The molecular weight excluding hydrogens is 325 g/mol. The number of anilines is 1. The van der Waals surface area contributed by atoms with E-state index in [1.807, 2.05) is 9.80 Å². The molecule has 0 atom stereocenters. The highest BCUT2D eigenvalue weighted by Crippen LogP contribution is 2.18. The lowest BCUT2D eigenvalue weighted by Gasteiger charge is -2.36. The molecule has 1 N–H and O–H groups in total. The Kier molecular flexibility index (Phi) is 5.99. The van der Waals surface area contributed by atoms with E-state index in [-0.39, 0.29) is 30.1 Å². The van der Waals surface area contributed by atoms with Crippen molar-refractivity contribution < 1.29 is 18.7 Å². The van der Waals surface area contributed by atoms with Crippen molar-refractivity contribution in [2.75, 3.05) is 51.3 Å². The first kappa shape index (κ1) is 17.8. The zero-order chi connectivity index (χ0) is 17.6. The standard InChI is InChI=1S/C18H24FN3O3/c19-15-1-3-16(4-2-15)20-17(23)13-21-7-9-22(10-8-21)18(24)14-5-11-25-12-6-14/h1-4,14H,5-13H2,(H,20,23). The van der Waals surface area contributed by atoms with Gasteiger partial charge in [-0.3, -0.25) is 14.5 Å². The summed E-state index contributed by atoms with van der Waals surface area (Å²) in [6.07, 6.45) is 1.61. The van der Waals surface area contributed by atoms with Gasteiger partial charge in [0.05, 0.1) is 6.54 Å². The fraction of sp³-hybridized carbons (Fsp3) is 0.556. The summed E-state index contributed by atoms with van der Waals surface area (Å²) in [5.74, 6) is -0.153. The van der Waals surface area contributed by atoms with Crippen LogP contribution in [0.3, 0.4) is 0 Å². The minimum Gasteiger partial charge on any atom is -0.381 e. The maximum absolute atomic E-state index is 12.9. The highest BCUT2D eigenvalue weighted by Gasteiger charge is 2.29. The summed E-state index contributed by atoms with van der Waals surface area (Å²) in [6.45, 7) is 4.29. The van der Waals surface area contributed by atoms with Crippen LogP contribution in [0.1, 0.15) is 12.8 Å². The first-order valence-corrected chi connectivity index (χ1v) is 8.76. The highest BCUT2D eigenvalue weighted by molar-refractivity contribution is 5.92. The molecule has 0 spiro atoms. The molecule has 2 saturated heterocycles. The van der Waals surface area contributed by atoms with Gasteiger partial charge in [-0.1, -0.05) is 0 Å². The third-order valence-electron chi connectivity index (χ3n) is 4.75. The smallest absolute Gasteiger partial charge is 0.238 e. The Balaban J connectivity index is 1.41. The van der Waals surface area contributed by atoms with Crippen LogP contribution in [-0.4, -0.2) is 67.6 Å². The van der Waals surface area contributed by atoms with E-state index in [2.05, 4.69) is 5.32 Å². The van der Waals surface area contributed by atoms with Crippen molar-refractivity contribution in [3.63, 3.8) is 0 Å². The number of nitrogens with one attached hydrogen (secondary N) is 1. The van der Waals surface area contributed by atoms with Crippen LogP contribution >= 0.6 is 0 Å². The molecule has 1 aromatic carbocycles. The SMILES string of the molecule is O=C(CN1CCN(C(=O)C2CCOCC2)CC1)Nc1ccc(F)cc1. The lowest BCUT2D eigenvalue weighted by Crippen LogP contribution is -2.52. The quantitative estimate of drug-likeness (QED) is 0.891. The fourth-order valence-corrected chi connectivity index (χ4v) is 3.27. The largest absolute Gasteiger partial charge is 0.381 e. The second-order valence-electron chi connectivity index (χ2n) is 6.54. The number of piperazine rings is 1. The number of halogens is 1. The fourth-order valence-electron chi connectivity index (χ4n) is 3.27. The van der Waals surface area contributed by atoms with E-state index in [1.54, 1.807) is 0 Å². The summed E-state index contributed by atoms with van der Waals surface area (Å²) in [6, 6.07) is 5.71. The van der Waals surface area contributed by atoms with E-state index in [1.165, 1.54) is 24.3 Å². The number of nitrogens with zero attached hydrogens (tertiary/aromatic N) is 2. The summed E-state index contributed by atoms with van der Waals surface area (Å²) in [5.41, 5.74) is 0.583. The van der Waals surface area contributed by atoms with Gasteiger partial charge in [0.15, 0.2) is 0 Å². The Morgan fingerprint density at radius 3 is 2.36 bits per heavy atom. The first-order valence-electron chi connectivity index (χ1n) is 8.76. The Morgan fingerprint density at radius 2 is 1.72 bits per heavy atom. The molecule has 25 heavy (non-hydrogen) atoms. The molecule has 0 aromatic heterocycles. The van der Waals surface area contributed by atoms with Crippen LogP contribution in [0.25, 0.3) is 0 Å². The number of rotatable bonds is 4. The van der Waals surface area contributed by atoms with Gasteiger partial charge in [0.25, 0.3) is 0 Å². The van der Waals surface area contributed by atoms with Crippen molar-refractivity contribution in [3.05, 3.63) is 30.1 Å². The molecule has 2 aliphatic rings. The van der Waals surface area contributed by atoms with Crippen LogP contribution in [0.2, 0.25) is 0 Å². The van der Waals surface area contributed by atoms with Gasteiger partial charge in [0, 0.05) is 51.0 Å². The molecule has 0 bridgehead atoms. The molecule has 1 aromatic rings. The Bertz CT molecular complexity index is 594. The molecule has 7 heteroatoms. The molecule has 2 amide bonds. The van der Waals surface area contributed by atoms with Gasteiger partial charge >= 0.3 is 0 Å². The summed E-state index contributed by atoms with van der Waals surface area (Å²) in [7, 11) is 0. The molecule has 0 aliphatic carbocycles. The normalized spacial score (nSPS) is 19.6. The topological polar surface area (TPSA) is 61.9 Å². The van der Waals surface area contributed by atoms with Crippen molar-refractivity contribution in [2.45, 2.75) is 12.8 Å². The molecule has 3 rings (SSSR count). The molecule has 0 radical (unpaired) electrons. The van der Waals surface area contributed by atoms with Crippen molar-refractivity contribution in [1.82, 2.24) is 9.80 Å². The Morgan fingerprint density at radius 1 is 1.08 bits per heavy atom. The summed E-state index contributed by atoms with van der Waals surface area (Å²) >= 11 is 0. The number of hydrogen-bond acceptors (Lipinski definition) is 4. The second kappa shape index (κ2) is 8.40. The zero-order valence-corrected chi connectivity index (χ0v) is 14.2. The lowest BCUT2D eigenvalue weighted by molar-refractivity contribution is -0.140. The molecule has 2 aliphatic heterocycles. The molecular formula is C18H24FN3O3. The molecule has 2 fully saturated rings. The van der Waals surface area contributed by atoms with Gasteiger partial charge in [-0.25, -0.2) is 4.39 Å². The van der Waals surface area contributed by atoms with E-state index in [0.29, 0.717) is 45.1 Å². The van der Waals surface area contributed by atoms with E-state index < -0.39 is 0 Å². The van der Waals surface area contributed by atoms with Gasteiger partial charge in [0.2, 0.25) is 11.8 Å². The molecule has 0 unspecified atom stereocenters. The number of ether oxygens (including phenoxy) is 1. The first-order chi connectivity index (χ1) is 12.1. The third-order valence-corrected chi connectivity index (χ3v) is 4.75. The monoisotopic (exact) mass is 349 g/mol. The molecule has 136 valence electrons. The summed E-state index contributed by atoms with van der Waals surface area (Å²) < 4.78 is 18.2. The van der Waals surface area contributed by atoms with Crippen molar-refractivity contribution in [3.8, 4) is 0 Å². The van der Waals surface area contributed by atoms with Gasteiger partial charge in [0.1, 0.15) is 5.82 Å². The van der Waals surface area contributed by atoms with Crippen LogP contribution < -0.4 is 5.32 Å². The Labute approximate surface area is 146 Å². The summed E-state index contributed by atoms with van der Waals surface area (Å²) in [5, 5.41) is 2.76. The third kappa shape index (κ3) is 4.99. The highest BCUT2D eigenvalue weighted by atomic mass is 19.1. The molecule has 2 heterocycles. The van der Waals surface area contributed by atoms with E-state index >= 15 is 0 Å². The van der Waals surface area contributed by atoms with Gasteiger partial charge < -0.3 is 15.0 Å². The average molecular weight is 349 g/mol. The number of hydrogen-bond donors (Lipinski definition) is 1. The zero-order valence-electron chi connectivity index (χ0n) is 14.2. The maximum atomic E-state index is 12.9. The van der Waals surface area contributed by atoms with Crippen molar-refractivity contribution in [2.24, 2.45) is 5.92 Å². The molecule has 0 saturated carbocycles. The average Bonchev–Trinajstić information content (AvgIpc) is 2.64. The second-order valence-corrected chi connectivity index (χ2v) is 6.54. The lowest BCUT2D eigenvalue weighted by atomic mass is 9.98. The van der Waals surface area contributed by atoms with E-state index in [0.717, 1.165) is 12.8 Å². The van der Waals surface area contributed by atoms with Crippen LogP contribution in [0.15, 0.2) is 24.3 Å². The summed E-state index contributed by atoms with van der Waals surface area (Å²) in [4.78, 5) is 28.5. The van der Waals surface area contributed by atoms with E-state index in [4.69, 9.17) is 4.74 Å². The number of benzene rings is 1. The minimum atomic E-state index is -0.330. The number of carbonyl (C=O) groups excluding carboxylic acids is 2. The van der Waals surface area contributed by atoms with Gasteiger partial charge in [-0.05, 0) is 37.1 Å². The van der Waals surface area contributed by atoms with Crippen LogP contribution in [0.5, 0.6) is 0 Å². The van der Waals surface area contributed by atoms with Crippen molar-refractivity contribution in [1.29, 1.82) is 0 Å².